The average molecular weight is 411 g/mol. The number of nitrogens with one attached hydrogen (secondary N) is 1. The fourth-order valence-electron chi connectivity index (χ4n) is 2.58. The van der Waals surface area contributed by atoms with E-state index in [9.17, 15) is 17.2 Å². The number of sulfone groups is 1. The molecule has 1 aliphatic rings. The topological polar surface area (TPSA) is 58.6 Å². The largest absolute Gasteiger partial charge is 0.383 e. The van der Waals surface area contributed by atoms with E-state index < -0.39 is 15.6 Å². The molecular weight excluding hydrogens is 390 g/mol. The Bertz CT molecular complexity index is 684. The molecule has 0 bridgehead atoms. The zero-order valence-electron chi connectivity index (χ0n) is 13.7. The van der Waals surface area contributed by atoms with Crippen LogP contribution in [0.4, 0.5) is 14.5 Å². The van der Waals surface area contributed by atoms with Crippen LogP contribution >= 0.6 is 24.0 Å². The van der Waals surface area contributed by atoms with Gasteiger partial charge in [0.25, 0.3) is 5.76 Å². The van der Waals surface area contributed by atoms with Gasteiger partial charge in [0.15, 0.2) is 14.9 Å². The summed E-state index contributed by atoms with van der Waals surface area (Å²) >= 11 is 5.90. The second-order valence-electron chi connectivity index (χ2n) is 5.58. The second kappa shape index (κ2) is 9.11. The summed E-state index contributed by atoms with van der Waals surface area (Å²) in [6.45, 7) is 0.893. The first-order chi connectivity index (χ1) is 11.8. The highest BCUT2D eigenvalue weighted by molar-refractivity contribution is 7.99. The number of halogens is 2. The minimum atomic E-state index is -3.03. The van der Waals surface area contributed by atoms with Gasteiger partial charge in [-0.25, -0.2) is 8.42 Å². The van der Waals surface area contributed by atoms with Crippen molar-refractivity contribution in [2.24, 2.45) is 0 Å². The lowest BCUT2D eigenvalue weighted by molar-refractivity contribution is 0.166. The molecule has 1 aromatic rings. The third-order valence-corrected chi connectivity index (χ3v) is 6.59. The summed E-state index contributed by atoms with van der Waals surface area (Å²) in [7, 11) is -1.46. The van der Waals surface area contributed by atoms with Crippen LogP contribution in [0.25, 0.3) is 0 Å². The van der Waals surface area contributed by atoms with Gasteiger partial charge in [0, 0.05) is 30.3 Å². The van der Waals surface area contributed by atoms with Gasteiger partial charge in [-0.05, 0) is 42.9 Å². The Morgan fingerprint density at radius 2 is 2.12 bits per heavy atom. The summed E-state index contributed by atoms with van der Waals surface area (Å²) in [5, 5.41) is 3.44. The van der Waals surface area contributed by atoms with Crippen LogP contribution in [-0.2, 0) is 14.6 Å². The number of hydrogen-bond donors (Lipinski definition) is 1. The summed E-state index contributed by atoms with van der Waals surface area (Å²) in [5.74, 6) is -2.24. The van der Waals surface area contributed by atoms with Crippen molar-refractivity contribution in [3.63, 3.8) is 0 Å². The van der Waals surface area contributed by atoms with Crippen LogP contribution in [0, 0.1) is 0 Å². The number of nitrogens with zero attached hydrogens (tertiary/aromatic N) is 1. The average Bonchev–Trinajstić information content (AvgIpc) is 2.89. The maximum absolute atomic E-state index is 12.3. The lowest BCUT2D eigenvalue weighted by Crippen LogP contribution is -2.45. The van der Waals surface area contributed by atoms with Crippen LogP contribution in [0.2, 0.25) is 0 Å². The van der Waals surface area contributed by atoms with E-state index in [0.717, 1.165) is 0 Å². The molecule has 0 radical (unpaired) electrons. The first-order valence-electron chi connectivity index (χ1n) is 7.62. The fourth-order valence-corrected chi connectivity index (χ4v) is 5.16. The Morgan fingerprint density at radius 3 is 2.64 bits per heavy atom. The molecule has 10 heteroatoms. The number of benzene rings is 1. The molecule has 5 nitrogen and oxygen atoms in total. The molecule has 140 valence electrons. The van der Waals surface area contributed by atoms with Crippen molar-refractivity contribution in [1.29, 1.82) is 0 Å². The van der Waals surface area contributed by atoms with Crippen molar-refractivity contribution >= 4 is 44.6 Å². The molecule has 0 amide bonds. The van der Waals surface area contributed by atoms with Gasteiger partial charge in [0.05, 0.1) is 18.1 Å². The highest BCUT2D eigenvalue weighted by atomic mass is 32.2. The standard InChI is InChI=1S/C15H20F2N2O3S3/c1-22-8-7-19(12-6-9-25(20,21)10-12)15(23)18-11-2-4-13(5-3-11)24-14(16)17/h2-5,12,14H,6-10H2,1H3,(H,18,23)/t12-/m0/s1. The molecule has 1 atom stereocenters. The van der Waals surface area contributed by atoms with E-state index >= 15 is 0 Å². The highest BCUT2D eigenvalue weighted by Gasteiger charge is 2.33. The number of methoxy groups -OCH3 is 1. The molecule has 0 aliphatic carbocycles. The molecule has 0 spiro atoms. The number of thioether (sulfide) groups is 1. The molecule has 1 aliphatic heterocycles. The predicted molar refractivity (Wildman–Crippen MR) is 100 cm³/mol. The Morgan fingerprint density at radius 1 is 1.44 bits per heavy atom. The van der Waals surface area contributed by atoms with Crippen LogP contribution in [0.3, 0.4) is 0 Å². The molecule has 25 heavy (non-hydrogen) atoms. The van der Waals surface area contributed by atoms with Gasteiger partial charge in [-0.1, -0.05) is 11.8 Å². The highest BCUT2D eigenvalue weighted by Crippen LogP contribution is 2.26. The molecule has 1 N–H and O–H groups in total. The number of alkyl halides is 2. The van der Waals surface area contributed by atoms with Crippen molar-refractivity contribution in [3.05, 3.63) is 24.3 Å². The number of anilines is 1. The molecule has 0 aromatic heterocycles. The van der Waals surface area contributed by atoms with Crippen LogP contribution in [-0.4, -0.2) is 62.0 Å². The van der Waals surface area contributed by atoms with Crippen LogP contribution < -0.4 is 5.32 Å². The summed E-state index contributed by atoms with van der Waals surface area (Å²) in [6.07, 6.45) is 0.526. The summed E-state index contributed by atoms with van der Waals surface area (Å²) < 4.78 is 53.3. The summed E-state index contributed by atoms with van der Waals surface area (Å²) in [6, 6.07) is 6.31. The van der Waals surface area contributed by atoms with Crippen LogP contribution in [0.1, 0.15) is 6.42 Å². The lowest BCUT2D eigenvalue weighted by atomic mass is 10.2. The monoisotopic (exact) mass is 410 g/mol. The van der Waals surface area contributed by atoms with E-state index in [-0.39, 0.29) is 17.5 Å². The Kier molecular flexibility index (Phi) is 7.41. The molecule has 1 heterocycles. The minimum absolute atomic E-state index is 0.0719. The Hall–Kier alpha value is -0.970. The van der Waals surface area contributed by atoms with Gasteiger partial charge in [0.1, 0.15) is 0 Å². The van der Waals surface area contributed by atoms with Gasteiger partial charge in [-0.2, -0.15) is 8.78 Å². The number of rotatable bonds is 7. The van der Waals surface area contributed by atoms with E-state index in [0.29, 0.717) is 47.0 Å². The fraction of sp³-hybridized carbons (Fsp3) is 0.533. The smallest absolute Gasteiger partial charge is 0.288 e. The van der Waals surface area contributed by atoms with E-state index in [4.69, 9.17) is 17.0 Å². The first-order valence-corrected chi connectivity index (χ1v) is 10.7. The van der Waals surface area contributed by atoms with E-state index in [1.165, 1.54) is 0 Å². The lowest BCUT2D eigenvalue weighted by Gasteiger charge is -2.30. The van der Waals surface area contributed by atoms with E-state index in [2.05, 4.69) is 5.32 Å². The number of thiocarbonyl (C=S) groups is 1. The Labute approximate surface area is 156 Å². The van der Waals surface area contributed by atoms with Gasteiger partial charge < -0.3 is 15.0 Å². The summed E-state index contributed by atoms with van der Waals surface area (Å²) in [5.41, 5.74) is 0.659. The van der Waals surface area contributed by atoms with Gasteiger partial charge in [-0.3, -0.25) is 0 Å². The SMILES string of the molecule is COCCN(C(=S)Nc1ccc(SC(F)F)cc1)[C@H]1CCS(=O)(=O)C1. The normalized spacial score (nSPS) is 19.1. The Balaban J connectivity index is 2.03. The molecule has 1 fully saturated rings. The third kappa shape index (κ3) is 6.36. The zero-order valence-corrected chi connectivity index (χ0v) is 16.1. The van der Waals surface area contributed by atoms with Gasteiger partial charge >= 0.3 is 0 Å². The maximum Gasteiger partial charge on any atom is 0.288 e. The van der Waals surface area contributed by atoms with Crippen molar-refractivity contribution in [3.8, 4) is 0 Å². The van der Waals surface area contributed by atoms with Crippen molar-refractivity contribution in [1.82, 2.24) is 4.90 Å². The van der Waals surface area contributed by atoms with E-state index in [1.807, 2.05) is 4.90 Å². The minimum Gasteiger partial charge on any atom is -0.383 e. The van der Waals surface area contributed by atoms with Crippen LogP contribution in [0.5, 0.6) is 0 Å². The zero-order chi connectivity index (χ0) is 18.4. The van der Waals surface area contributed by atoms with Gasteiger partial charge in [0.2, 0.25) is 0 Å². The maximum atomic E-state index is 12.3. The third-order valence-electron chi connectivity index (χ3n) is 3.78. The van der Waals surface area contributed by atoms with Crippen molar-refractivity contribution < 1.29 is 21.9 Å². The van der Waals surface area contributed by atoms with Gasteiger partial charge in [-0.15, -0.1) is 0 Å². The second-order valence-corrected chi connectivity index (χ2v) is 9.25. The predicted octanol–water partition coefficient (Wildman–Crippen LogP) is 2.83. The van der Waals surface area contributed by atoms with Crippen LogP contribution in [0.15, 0.2) is 29.2 Å². The van der Waals surface area contributed by atoms with Crippen molar-refractivity contribution in [2.75, 3.05) is 37.1 Å². The van der Waals surface area contributed by atoms with E-state index in [1.54, 1.807) is 31.4 Å². The first kappa shape index (κ1) is 20.3. The molecular formula is C15H20F2N2O3S3. The van der Waals surface area contributed by atoms with Crippen molar-refractivity contribution in [2.45, 2.75) is 23.1 Å². The molecule has 2 rings (SSSR count). The molecule has 1 aromatic carbocycles. The molecule has 1 saturated heterocycles. The number of hydrogen-bond acceptors (Lipinski definition) is 5. The summed E-state index contributed by atoms with van der Waals surface area (Å²) in [4.78, 5) is 2.29. The molecule has 0 saturated carbocycles. The number of ether oxygens (including phenoxy) is 1. The molecule has 0 unspecified atom stereocenters. The quantitative estimate of drug-likeness (QED) is 0.548.